The van der Waals surface area contributed by atoms with E-state index in [4.69, 9.17) is 5.73 Å². The van der Waals surface area contributed by atoms with Crippen molar-refractivity contribution in [3.63, 3.8) is 0 Å². The van der Waals surface area contributed by atoms with Gasteiger partial charge in [0.05, 0.1) is 5.92 Å². The molecule has 2 aliphatic carbocycles. The summed E-state index contributed by atoms with van der Waals surface area (Å²) in [6, 6.07) is 0.592. The van der Waals surface area contributed by atoms with Gasteiger partial charge in [-0.2, -0.15) is 0 Å². The summed E-state index contributed by atoms with van der Waals surface area (Å²) < 4.78 is 0. The molecule has 0 aromatic heterocycles. The minimum absolute atomic E-state index is 0.102. The summed E-state index contributed by atoms with van der Waals surface area (Å²) >= 11 is 0. The van der Waals surface area contributed by atoms with Gasteiger partial charge in [-0.1, -0.05) is 6.42 Å². The van der Waals surface area contributed by atoms with Crippen LogP contribution in [-0.4, -0.2) is 18.0 Å². The first-order valence-corrected chi connectivity index (χ1v) is 4.83. The molecule has 2 rings (SSSR count). The number of hydrogen-bond acceptors (Lipinski definition) is 2. The van der Waals surface area contributed by atoms with Gasteiger partial charge in [-0.25, -0.2) is 0 Å². The molecular formula is C9H16N2O. The van der Waals surface area contributed by atoms with Gasteiger partial charge in [-0.3, -0.25) is 4.79 Å². The maximum Gasteiger partial charge on any atom is 0.224 e. The van der Waals surface area contributed by atoms with Crippen LogP contribution in [0.15, 0.2) is 0 Å². The topological polar surface area (TPSA) is 55.1 Å². The predicted molar refractivity (Wildman–Crippen MR) is 46.5 cm³/mol. The molecule has 2 unspecified atom stereocenters. The molecule has 0 bridgehead atoms. The SMILES string of the molecule is NC1CCCC1C(=O)NC1CC1. The summed E-state index contributed by atoms with van der Waals surface area (Å²) in [6.45, 7) is 0. The smallest absolute Gasteiger partial charge is 0.224 e. The molecule has 1 amide bonds. The maximum absolute atomic E-state index is 11.5. The molecule has 0 heterocycles. The molecule has 2 saturated carbocycles. The van der Waals surface area contributed by atoms with E-state index in [2.05, 4.69) is 5.32 Å². The van der Waals surface area contributed by atoms with Crippen LogP contribution in [0.3, 0.4) is 0 Å². The fraction of sp³-hybridized carbons (Fsp3) is 0.889. The Morgan fingerprint density at radius 2 is 2.00 bits per heavy atom. The second kappa shape index (κ2) is 3.05. The van der Waals surface area contributed by atoms with Crippen LogP contribution < -0.4 is 11.1 Å². The molecule has 0 spiro atoms. The van der Waals surface area contributed by atoms with Gasteiger partial charge in [0, 0.05) is 12.1 Å². The second-order valence-electron chi connectivity index (χ2n) is 3.98. The van der Waals surface area contributed by atoms with Gasteiger partial charge < -0.3 is 11.1 Å². The van der Waals surface area contributed by atoms with Gasteiger partial charge in [-0.05, 0) is 25.7 Å². The van der Waals surface area contributed by atoms with E-state index in [1.54, 1.807) is 0 Å². The van der Waals surface area contributed by atoms with Crippen LogP contribution in [0.2, 0.25) is 0 Å². The molecule has 68 valence electrons. The van der Waals surface area contributed by atoms with Gasteiger partial charge in [0.25, 0.3) is 0 Å². The van der Waals surface area contributed by atoms with E-state index in [1.807, 2.05) is 0 Å². The Morgan fingerprint density at radius 1 is 1.25 bits per heavy atom. The number of nitrogens with one attached hydrogen (secondary N) is 1. The van der Waals surface area contributed by atoms with Crippen molar-refractivity contribution >= 4 is 5.91 Å². The van der Waals surface area contributed by atoms with E-state index in [0.29, 0.717) is 6.04 Å². The summed E-state index contributed by atoms with van der Waals surface area (Å²) in [7, 11) is 0. The highest BCUT2D eigenvalue weighted by Gasteiger charge is 2.33. The van der Waals surface area contributed by atoms with Crippen LogP contribution in [-0.2, 0) is 4.79 Å². The van der Waals surface area contributed by atoms with Crippen molar-refractivity contribution in [3.05, 3.63) is 0 Å². The predicted octanol–water partition coefficient (Wildman–Crippen LogP) is 0.392. The van der Waals surface area contributed by atoms with Crippen molar-refractivity contribution in [2.24, 2.45) is 11.7 Å². The number of rotatable bonds is 2. The van der Waals surface area contributed by atoms with Crippen molar-refractivity contribution in [2.45, 2.75) is 44.2 Å². The fourth-order valence-electron chi connectivity index (χ4n) is 1.85. The summed E-state index contributed by atoms with van der Waals surface area (Å²) in [4.78, 5) is 11.5. The molecule has 0 aromatic rings. The van der Waals surface area contributed by atoms with Crippen molar-refractivity contribution in [3.8, 4) is 0 Å². The molecule has 0 aromatic carbocycles. The normalized spacial score (nSPS) is 35.1. The van der Waals surface area contributed by atoms with Crippen LogP contribution in [0.5, 0.6) is 0 Å². The Morgan fingerprint density at radius 3 is 2.50 bits per heavy atom. The van der Waals surface area contributed by atoms with E-state index < -0.39 is 0 Å². The molecule has 3 N–H and O–H groups in total. The van der Waals surface area contributed by atoms with E-state index in [9.17, 15) is 4.79 Å². The minimum Gasteiger partial charge on any atom is -0.353 e. The first-order chi connectivity index (χ1) is 5.77. The summed E-state index contributed by atoms with van der Waals surface area (Å²) in [5.74, 6) is 0.299. The molecule has 3 heteroatoms. The first kappa shape index (κ1) is 8.05. The fourth-order valence-corrected chi connectivity index (χ4v) is 1.85. The van der Waals surface area contributed by atoms with Crippen LogP contribution in [0.1, 0.15) is 32.1 Å². The zero-order valence-electron chi connectivity index (χ0n) is 7.25. The summed E-state index contributed by atoms with van der Waals surface area (Å²) in [6.07, 6.45) is 5.44. The lowest BCUT2D eigenvalue weighted by molar-refractivity contribution is -0.125. The van der Waals surface area contributed by atoms with Crippen LogP contribution in [0.4, 0.5) is 0 Å². The van der Waals surface area contributed by atoms with Gasteiger partial charge in [0.1, 0.15) is 0 Å². The Bertz CT molecular complexity index is 189. The molecule has 12 heavy (non-hydrogen) atoms. The largest absolute Gasteiger partial charge is 0.353 e. The minimum atomic E-state index is 0.102. The maximum atomic E-state index is 11.5. The van der Waals surface area contributed by atoms with Gasteiger partial charge in [-0.15, -0.1) is 0 Å². The highest BCUT2D eigenvalue weighted by Crippen LogP contribution is 2.26. The highest BCUT2D eigenvalue weighted by atomic mass is 16.2. The molecule has 2 fully saturated rings. The second-order valence-corrected chi connectivity index (χ2v) is 3.98. The zero-order chi connectivity index (χ0) is 8.55. The zero-order valence-corrected chi connectivity index (χ0v) is 7.25. The third-order valence-corrected chi connectivity index (χ3v) is 2.83. The standard InChI is InChI=1S/C9H16N2O/c10-8-3-1-2-7(8)9(12)11-6-4-5-6/h6-8H,1-5,10H2,(H,11,12). The lowest BCUT2D eigenvalue weighted by Gasteiger charge is -2.14. The number of carbonyl (C=O) groups excluding carboxylic acids is 1. The molecule has 0 radical (unpaired) electrons. The summed E-state index contributed by atoms with van der Waals surface area (Å²) in [5, 5.41) is 3.01. The first-order valence-electron chi connectivity index (χ1n) is 4.83. The van der Waals surface area contributed by atoms with Crippen molar-refractivity contribution in [1.82, 2.24) is 5.32 Å². The third-order valence-electron chi connectivity index (χ3n) is 2.83. The van der Waals surface area contributed by atoms with E-state index in [-0.39, 0.29) is 17.9 Å². The lowest BCUT2D eigenvalue weighted by Crippen LogP contribution is -2.39. The molecule has 2 aliphatic rings. The Kier molecular flexibility index (Phi) is 2.05. The molecule has 0 aliphatic heterocycles. The van der Waals surface area contributed by atoms with Gasteiger partial charge in [0.15, 0.2) is 0 Å². The van der Waals surface area contributed by atoms with E-state index in [1.165, 1.54) is 0 Å². The van der Waals surface area contributed by atoms with Crippen molar-refractivity contribution in [1.29, 1.82) is 0 Å². The highest BCUT2D eigenvalue weighted by molar-refractivity contribution is 5.80. The van der Waals surface area contributed by atoms with Gasteiger partial charge >= 0.3 is 0 Å². The Hall–Kier alpha value is -0.570. The van der Waals surface area contributed by atoms with Crippen molar-refractivity contribution < 1.29 is 4.79 Å². The number of hydrogen-bond donors (Lipinski definition) is 2. The third kappa shape index (κ3) is 1.61. The molecular weight excluding hydrogens is 152 g/mol. The quantitative estimate of drug-likeness (QED) is 0.626. The lowest BCUT2D eigenvalue weighted by atomic mass is 10.0. The monoisotopic (exact) mass is 168 g/mol. The molecule has 0 saturated heterocycles. The number of carbonyl (C=O) groups is 1. The van der Waals surface area contributed by atoms with E-state index >= 15 is 0 Å². The number of amides is 1. The Balaban J connectivity index is 1.84. The van der Waals surface area contributed by atoms with Crippen LogP contribution in [0, 0.1) is 5.92 Å². The Labute approximate surface area is 72.7 Å². The average molecular weight is 168 g/mol. The summed E-state index contributed by atoms with van der Waals surface area (Å²) in [5.41, 5.74) is 5.82. The number of nitrogens with two attached hydrogens (primary N) is 1. The van der Waals surface area contributed by atoms with Crippen molar-refractivity contribution in [2.75, 3.05) is 0 Å². The van der Waals surface area contributed by atoms with Gasteiger partial charge in [0.2, 0.25) is 5.91 Å². The molecule has 3 nitrogen and oxygen atoms in total. The van der Waals surface area contributed by atoms with Crippen LogP contribution >= 0.6 is 0 Å². The van der Waals surface area contributed by atoms with E-state index in [0.717, 1.165) is 32.1 Å². The molecule has 2 atom stereocenters. The average Bonchev–Trinajstić information content (AvgIpc) is 2.72. The van der Waals surface area contributed by atoms with Crippen LogP contribution in [0.25, 0.3) is 0 Å².